The van der Waals surface area contributed by atoms with E-state index < -0.39 is 5.41 Å². The van der Waals surface area contributed by atoms with Gasteiger partial charge in [0.15, 0.2) is 0 Å². The maximum absolute atomic E-state index is 12.3. The molecule has 1 spiro atoms. The van der Waals surface area contributed by atoms with Gasteiger partial charge in [-0.05, 0) is 40.8 Å². The van der Waals surface area contributed by atoms with Gasteiger partial charge in [0.05, 0.1) is 5.41 Å². The third kappa shape index (κ3) is 1.40. The van der Waals surface area contributed by atoms with Crippen LogP contribution >= 0.6 is 0 Å². The van der Waals surface area contributed by atoms with Gasteiger partial charge in [-0.2, -0.15) is 0 Å². The molecule has 2 aromatic rings. The third-order valence-electron chi connectivity index (χ3n) is 4.40. The Morgan fingerprint density at radius 1 is 1.11 bits per heavy atom. The van der Waals surface area contributed by atoms with Crippen LogP contribution in [0.1, 0.15) is 17.5 Å². The van der Waals surface area contributed by atoms with Crippen molar-refractivity contribution in [2.45, 2.75) is 18.3 Å². The van der Waals surface area contributed by atoms with Gasteiger partial charge < -0.3 is 5.32 Å². The van der Waals surface area contributed by atoms with E-state index >= 15 is 0 Å². The fourth-order valence-corrected chi connectivity index (χ4v) is 3.41. The number of rotatable bonds is 0. The predicted molar refractivity (Wildman–Crippen MR) is 76.1 cm³/mol. The molecule has 1 atom stereocenters. The molecule has 0 bridgehead atoms. The van der Waals surface area contributed by atoms with E-state index in [-0.39, 0.29) is 5.91 Å². The van der Waals surface area contributed by atoms with Gasteiger partial charge in [-0.15, -0.1) is 0 Å². The molecule has 1 unspecified atom stereocenters. The average Bonchev–Trinajstić information content (AvgIpc) is 2.80. The lowest BCUT2D eigenvalue weighted by atomic mass is 9.72. The Balaban J connectivity index is 2.02. The SMILES string of the molecule is O=C1NCCC12C=CCc1cc3ccccc3cc12. The van der Waals surface area contributed by atoms with Gasteiger partial charge in [0.25, 0.3) is 0 Å². The number of fused-ring (bicyclic) bond motifs is 3. The molecule has 1 amide bonds. The number of carbonyl (C=O) groups excluding carboxylic acids is 1. The van der Waals surface area contributed by atoms with Gasteiger partial charge in [0, 0.05) is 6.54 Å². The molecule has 1 heterocycles. The smallest absolute Gasteiger partial charge is 0.234 e. The Bertz CT molecular complexity index is 716. The molecule has 2 aromatic carbocycles. The molecular weight excluding hydrogens is 234 g/mol. The maximum atomic E-state index is 12.3. The van der Waals surface area contributed by atoms with Gasteiger partial charge in [-0.1, -0.05) is 42.5 Å². The zero-order chi connectivity index (χ0) is 12.9. The topological polar surface area (TPSA) is 29.1 Å². The van der Waals surface area contributed by atoms with E-state index in [9.17, 15) is 4.79 Å². The first-order chi connectivity index (χ1) is 9.29. The summed E-state index contributed by atoms with van der Waals surface area (Å²) in [5.41, 5.74) is 2.07. The van der Waals surface area contributed by atoms with Crippen molar-refractivity contribution in [3.05, 3.63) is 59.7 Å². The molecule has 0 radical (unpaired) electrons. The van der Waals surface area contributed by atoms with Crippen LogP contribution in [0.25, 0.3) is 10.8 Å². The minimum atomic E-state index is -0.419. The molecule has 1 aliphatic heterocycles. The van der Waals surface area contributed by atoms with Crippen molar-refractivity contribution < 1.29 is 4.79 Å². The number of benzene rings is 2. The Morgan fingerprint density at radius 2 is 1.89 bits per heavy atom. The second-order valence-corrected chi connectivity index (χ2v) is 5.44. The van der Waals surface area contributed by atoms with Gasteiger partial charge in [0.1, 0.15) is 0 Å². The monoisotopic (exact) mass is 249 g/mol. The molecule has 1 aliphatic carbocycles. The van der Waals surface area contributed by atoms with Crippen LogP contribution in [0.3, 0.4) is 0 Å². The van der Waals surface area contributed by atoms with Crippen LogP contribution < -0.4 is 5.32 Å². The quantitative estimate of drug-likeness (QED) is 0.715. The number of nitrogens with one attached hydrogen (secondary N) is 1. The highest BCUT2D eigenvalue weighted by Gasteiger charge is 2.44. The van der Waals surface area contributed by atoms with Crippen LogP contribution in [0.15, 0.2) is 48.6 Å². The molecule has 1 N–H and O–H groups in total. The molecule has 2 nitrogen and oxygen atoms in total. The highest BCUT2D eigenvalue weighted by Crippen LogP contribution is 2.40. The number of hydrogen-bond acceptors (Lipinski definition) is 1. The number of carbonyl (C=O) groups is 1. The van der Waals surface area contributed by atoms with Crippen molar-refractivity contribution in [3.8, 4) is 0 Å². The van der Waals surface area contributed by atoms with Crippen molar-refractivity contribution in [3.63, 3.8) is 0 Å². The van der Waals surface area contributed by atoms with Crippen molar-refractivity contribution >= 4 is 16.7 Å². The molecule has 0 saturated carbocycles. The summed E-state index contributed by atoms with van der Waals surface area (Å²) in [5.74, 6) is 0.153. The van der Waals surface area contributed by atoms with Crippen molar-refractivity contribution in [1.82, 2.24) is 5.32 Å². The second-order valence-electron chi connectivity index (χ2n) is 5.44. The number of allylic oxidation sites excluding steroid dienone is 1. The highest BCUT2D eigenvalue weighted by atomic mass is 16.2. The van der Waals surface area contributed by atoms with Crippen LogP contribution in [0.4, 0.5) is 0 Å². The normalized spacial score (nSPS) is 24.7. The minimum absolute atomic E-state index is 0.153. The van der Waals surface area contributed by atoms with Crippen molar-refractivity contribution in [1.29, 1.82) is 0 Å². The largest absolute Gasteiger partial charge is 0.355 e. The first-order valence-corrected chi connectivity index (χ1v) is 6.78. The van der Waals surface area contributed by atoms with Crippen molar-refractivity contribution in [2.24, 2.45) is 0 Å². The first-order valence-electron chi connectivity index (χ1n) is 6.78. The molecule has 1 fully saturated rings. The second kappa shape index (κ2) is 3.70. The van der Waals surface area contributed by atoms with E-state index in [1.807, 2.05) is 0 Å². The fourth-order valence-electron chi connectivity index (χ4n) is 3.41. The number of amides is 1. The van der Waals surface area contributed by atoms with E-state index in [4.69, 9.17) is 0 Å². The van der Waals surface area contributed by atoms with Crippen molar-refractivity contribution in [2.75, 3.05) is 6.54 Å². The summed E-state index contributed by atoms with van der Waals surface area (Å²) in [5, 5.41) is 5.45. The minimum Gasteiger partial charge on any atom is -0.355 e. The summed E-state index contributed by atoms with van der Waals surface area (Å²) in [6, 6.07) is 12.8. The van der Waals surface area contributed by atoms with Gasteiger partial charge in [-0.3, -0.25) is 4.79 Å². The van der Waals surface area contributed by atoms with E-state index in [1.165, 1.54) is 21.9 Å². The molecule has 2 heteroatoms. The summed E-state index contributed by atoms with van der Waals surface area (Å²) in [4.78, 5) is 12.3. The van der Waals surface area contributed by atoms with E-state index in [0.29, 0.717) is 0 Å². The summed E-state index contributed by atoms with van der Waals surface area (Å²) < 4.78 is 0. The molecule has 94 valence electrons. The highest BCUT2D eigenvalue weighted by molar-refractivity contribution is 5.95. The predicted octanol–water partition coefficient (Wildman–Crippen LogP) is 2.71. The zero-order valence-corrected chi connectivity index (χ0v) is 10.6. The van der Waals surface area contributed by atoms with Gasteiger partial charge >= 0.3 is 0 Å². The maximum Gasteiger partial charge on any atom is 0.234 e. The Hall–Kier alpha value is -2.09. The lowest BCUT2D eigenvalue weighted by molar-refractivity contribution is -0.122. The van der Waals surface area contributed by atoms with E-state index in [2.05, 4.69) is 53.9 Å². The van der Waals surface area contributed by atoms with Gasteiger partial charge in [0.2, 0.25) is 5.91 Å². The van der Waals surface area contributed by atoms with Crippen LogP contribution in [-0.4, -0.2) is 12.5 Å². The van der Waals surface area contributed by atoms with Crippen LogP contribution in [-0.2, 0) is 16.6 Å². The molecule has 19 heavy (non-hydrogen) atoms. The Kier molecular flexibility index (Phi) is 2.10. The summed E-state index contributed by atoms with van der Waals surface area (Å²) in [7, 11) is 0. The standard InChI is InChI=1S/C17H15NO/c19-16-17(8-9-18-16)7-3-6-14-10-12-4-1-2-5-13(12)11-15(14)17/h1-5,7,10-11H,6,8-9H2,(H,18,19). The molecule has 2 aliphatic rings. The summed E-state index contributed by atoms with van der Waals surface area (Å²) in [6.07, 6.45) is 6.04. The molecule has 0 aromatic heterocycles. The summed E-state index contributed by atoms with van der Waals surface area (Å²) in [6.45, 7) is 0.773. The zero-order valence-electron chi connectivity index (χ0n) is 10.6. The van der Waals surface area contributed by atoms with Gasteiger partial charge in [-0.25, -0.2) is 0 Å². The van der Waals surface area contributed by atoms with Crippen LogP contribution in [0.5, 0.6) is 0 Å². The molecule has 1 saturated heterocycles. The lowest BCUT2D eigenvalue weighted by Gasteiger charge is -2.29. The first kappa shape index (κ1) is 10.8. The lowest BCUT2D eigenvalue weighted by Crippen LogP contribution is -2.35. The Labute approximate surface area is 112 Å². The average molecular weight is 249 g/mol. The molecule has 4 rings (SSSR count). The van der Waals surface area contributed by atoms with E-state index in [1.54, 1.807) is 0 Å². The third-order valence-corrected chi connectivity index (χ3v) is 4.40. The number of hydrogen-bond donors (Lipinski definition) is 1. The van der Waals surface area contributed by atoms with E-state index in [0.717, 1.165) is 19.4 Å². The fraction of sp³-hybridized carbons (Fsp3) is 0.235. The van der Waals surface area contributed by atoms with Crippen LogP contribution in [0, 0.1) is 0 Å². The Morgan fingerprint density at radius 3 is 2.63 bits per heavy atom. The van der Waals surface area contributed by atoms with Crippen LogP contribution in [0.2, 0.25) is 0 Å². The molecular formula is C17H15NO. The summed E-state index contributed by atoms with van der Waals surface area (Å²) >= 11 is 0.